The molecule has 1 aliphatic heterocycles. The van der Waals surface area contributed by atoms with Crippen molar-refractivity contribution in [3.8, 4) is 0 Å². The zero-order valence-corrected chi connectivity index (χ0v) is 6.64. The molecular weight excluding hydrogens is 168 g/mol. The smallest absolute Gasteiger partial charge is 0.105 e. The highest BCUT2D eigenvalue weighted by Crippen LogP contribution is 2.14. The molecule has 0 fully saturated rings. The van der Waals surface area contributed by atoms with Gasteiger partial charge in [-0.05, 0) is 22.9 Å². The van der Waals surface area contributed by atoms with Gasteiger partial charge >= 0.3 is 0 Å². The van der Waals surface area contributed by atoms with Crippen LogP contribution in [0.1, 0.15) is 13.3 Å². The summed E-state index contributed by atoms with van der Waals surface area (Å²) in [6.45, 7) is 2.15. The topological polar surface area (TPSA) is 15.6 Å². The van der Waals surface area contributed by atoms with E-state index < -0.39 is 0 Å². The van der Waals surface area contributed by atoms with E-state index in [0.29, 0.717) is 6.04 Å². The second-order valence-corrected chi connectivity index (χ2v) is 3.02. The molecule has 1 aliphatic rings. The SMILES string of the molecule is CC1CC(Br)=NN1C. The van der Waals surface area contributed by atoms with Crippen LogP contribution in [0.4, 0.5) is 0 Å². The van der Waals surface area contributed by atoms with E-state index in [1.807, 2.05) is 12.1 Å². The summed E-state index contributed by atoms with van der Waals surface area (Å²) in [4.78, 5) is 0. The Morgan fingerprint density at radius 3 is 2.62 bits per heavy atom. The highest BCUT2D eigenvalue weighted by Gasteiger charge is 2.15. The van der Waals surface area contributed by atoms with Crippen LogP contribution in [0.15, 0.2) is 5.10 Å². The van der Waals surface area contributed by atoms with E-state index in [9.17, 15) is 0 Å². The summed E-state index contributed by atoms with van der Waals surface area (Å²) in [7, 11) is 1.99. The van der Waals surface area contributed by atoms with Gasteiger partial charge in [-0.2, -0.15) is 5.10 Å². The fourth-order valence-electron chi connectivity index (χ4n) is 0.686. The number of hydrazone groups is 1. The first-order valence-electron chi connectivity index (χ1n) is 2.66. The third-order valence-corrected chi connectivity index (χ3v) is 1.85. The highest BCUT2D eigenvalue weighted by atomic mass is 79.9. The van der Waals surface area contributed by atoms with E-state index in [2.05, 4.69) is 28.0 Å². The molecule has 1 heterocycles. The maximum Gasteiger partial charge on any atom is 0.105 e. The van der Waals surface area contributed by atoms with Gasteiger partial charge in [0.25, 0.3) is 0 Å². The van der Waals surface area contributed by atoms with Crippen molar-refractivity contribution in [3.63, 3.8) is 0 Å². The lowest BCUT2D eigenvalue weighted by atomic mass is 10.3. The van der Waals surface area contributed by atoms with Crippen molar-refractivity contribution in [2.24, 2.45) is 5.10 Å². The maximum atomic E-state index is 4.14. The largest absolute Gasteiger partial charge is 0.296 e. The van der Waals surface area contributed by atoms with Crippen LogP contribution >= 0.6 is 15.9 Å². The van der Waals surface area contributed by atoms with Crippen molar-refractivity contribution in [2.45, 2.75) is 19.4 Å². The lowest BCUT2D eigenvalue weighted by molar-refractivity contribution is 0.303. The summed E-state index contributed by atoms with van der Waals surface area (Å²) in [5, 5.41) is 6.10. The number of nitrogens with zero attached hydrogens (tertiary/aromatic N) is 2. The Labute approximate surface area is 57.7 Å². The molecule has 0 aromatic carbocycles. The molecular formula is C5H9BrN2. The van der Waals surface area contributed by atoms with Crippen LogP contribution in [-0.2, 0) is 0 Å². The monoisotopic (exact) mass is 176 g/mol. The first-order chi connectivity index (χ1) is 3.70. The van der Waals surface area contributed by atoms with Crippen molar-refractivity contribution in [3.05, 3.63) is 0 Å². The van der Waals surface area contributed by atoms with Gasteiger partial charge in [-0.15, -0.1) is 0 Å². The summed E-state index contributed by atoms with van der Waals surface area (Å²) < 4.78 is 1.06. The van der Waals surface area contributed by atoms with Crippen molar-refractivity contribution in [1.82, 2.24) is 5.01 Å². The van der Waals surface area contributed by atoms with E-state index in [1.165, 1.54) is 0 Å². The molecule has 3 heteroatoms. The van der Waals surface area contributed by atoms with Crippen LogP contribution in [0.25, 0.3) is 0 Å². The third kappa shape index (κ3) is 1.02. The van der Waals surface area contributed by atoms with E-state index in [1.54, 1.807) is 0 Å². The predicted octanol–water partition coefficient (Wildman–Crippen LogP) is 1.42. The van der Waals surface area contributed by atoms with Gasteiger partial charge in [0, 0.05) is 13.5 Å². The van der Waals surface area contributed by atoms with Crippen LogP contribution < -0.4 is 0 Å². The van der Waals surface area contributed by atoms with Crippen molar-refractivity contribution in [2.75, 3.05) is 7.05 Å². The molecule has 0 aliphatic carbocycles. The molecule has 0 aromatic rings. The molecule has 0 saturated heterocycles. The van der Waals surface area contributed by atoms with Crippen molar-refractivity contribution >= 4 is 20.6 Å². The Bertz CT molecular complexity index is 122. The van der Waals surface area contributed by atoms with Crippen LogP contribution in [0.3, 0.4) is 0 Å². The summed E-state index contributed by atoms with van der Waals surface area (Å²) in [5.41, 5.74) is 0. The molecule has 8 heavy (non-hydrogen) atoms. The normalized spacial score (nSPS) is 28.6. The Morgan fingerprint density at radius 2 is 2.50 bits per heavy atom. The van der Waals surface area contributed by atoms with Crippen LogP contribution in [-0.4, -0.2) is 22.7 Å². The zero-order valence-electron chi connectivity index (χ0n) is 5.06. The summed E-state index contributed by atoms with van der Waals surface area (Å²) in [5.74, 6) is 0. The second kappa shape index (κ2) is 2.05. The van der Waals surface area contributed by atoms with Gasteiger partial charge in [-0.1, -0.05) is 0 Å². The molecule has 0 radical (unpaired) electrons. The Morgan fingerprint density at radius 1 is 1.88 bits per heavy atom. The first kappa shape index (κ1) is 6.08. The highest BCUT2D eigenvalue weighted by molar-refractivity contribution is 9.18. The number of hydrogen-bond donors (Lipinski definition) is 0. The van der Waals surface area contributed by atoms with Gasteiger partial charge in [0.2, 0.25) is 0 Å². The Kier molecular flexibility index (Phi) is 1.56. The van der Waals surface area contributed by atoms with Gasteiger partial charge in [-0.3, -0.25) is 5.01 Å². The van der Waals surface area contributed by atoms with E-state index in [4.69, 9.17) is 0 Å². The van der Waals surface area contributed by atoms with Crippen molar-refractivity contribution < 1.29 is 0 Å². The van der Waals surface area contributed by atoms with Crippen molar-refractivity contribution in [1.29, 1.82) is 0 Å². The quantitative estimate of drug-likeness (QED) is 0.546. The fourth-order valence-corrected chi connectivity index (χ4v) is 1.41. The van der Waals surface area contributed by atoms with E-state index >= 15 is 0 Å². The number of halogens is 1. The number of rotatable bonds is 0. The lowest BCUT2D eigenvalue weighted by Gasteiger charge is -2.11. The summed E-state index contributed by atoms with van der Waals surface area (Å²) >= 11 is 3.33. The third-order valence-electron chi connectivity index (χ3n) is 1.37. The molecule has 0 aromatic heterocycles. The molecule has 0 amide bonds. The zero-order chi connectivity index (χ0) is 6.15. The molecule has 0 spiro atoms. The first-order valence-corrected chi connectivity index (χ1v) is 3.45. The van der Waals surface area contributed by atoms with Crippen LogP contribution in [0.5, 0.6) is 0 Å². The van der Waals surface area contributed by atoms with Gasteiger partial charge in [0.1, 0.15) is 4.62 Å². The standard InChI is InChI=1S/C5H9BrN2/c1-4-3-5(6)7-8(4)2/h4H,3H2,1-2H3. The van der Waals surface area contributed by atoms with Crippen LogP contribution in [0.2, 0.25) is 0 Å². The molecule has 2 nitrogen and oxygen atoms in total. The summed E-state index contributed by atoms with van der Waals surface area (Å²) in [6.07, 6.45) is 1.05. The minimum absolute atomic E-state index is 0.573. The Balaban J connectivity index is 2.56. The van der Waals surface area contributed by atoms with Crippen LogP contribution in [0, 0.1) is 0 Å². The second-order valence-electron chi connectivity index (χ2n) is 2.10. The summed E-state index contributed by atoms with van der Waals surface area (Å²) in [6, 6.07) is 0.573. The van der Waals surface area contributed by atoms with E-state index in [-0.39, 0.29) is 0 Å². The average molecular weight is 177 g/mol. The minimum Gasteiger partial charge on any atom is -0.296 e. The molecule has 1 unspecified atom stereocenters. The predicted molar refractivity (Wildman–Crippen MR) is 38.2 cm³/mol. The van der Waals surface area contributed by atoms with Gasteiger partial charge in [-0.25, -0.2) is 0 Å². The van der Waals surface area contributed by atoms with Gasteiger partial charge in [0.15, 0.2) is 0 Å². The molecule has 1 atom stereocenters. The van der Waals surface area contributed by atoms with E-state index in [0.717, 1.165) is 11.0 Å². The fraction of sp³-hybridized carbons (Fsp3) is 0.800. The molecule has 1 rings (SSSR count). The van der Waals surface area contributed by atoms with Gasteiger partial charge < -0.3 is 0 Å². The molecule has 0 N–H and O–H groups in total. The Hall–Kier alpha value is -0.0500. The van der Waals surface area contributed by atoms with Gasteiger partial charge in [0.05, 0.1) is 6.04 Å². The molecule has 0 saturated carbocycles. The minimum atomic E-state index is 0.573. The maximum absolute atomic E-state index is 4.14. The lowest BCUT2D eigenvalue weighted by Crippen LogP contribution is -2.17. The molecule has 46 valence electrons. The number of hydrogen-bond acceptors (Lipinski definition) is 2. The molecule has 0 bridgehead atoms. The average Bonchev–Trinajstić information content (AvgIpc) is 1.85.